The molecule has 2 aromatic carbocycles. The lowest BCUT2D eigenvalue weighted by Gasteiger charge is -2.15. The number of rotatable bonds is 3. The van der Waals surface area contributed by atoms with Gasteiger partial charge in [-0.3, -0.25) is 9.59 Å². The van der Waals surface area contributed by atoms with Crippen LogP contribution in [0, 0.1) is 0 Å². The third-order valence-electron chi connectivity index (χ3n) is 4.17. The first-order valence-corrected chi connectivity index (χ1v) is 8.86. The number of carboxylic acids is 1. The molecule has 0 amide bonds. The Labute approximate surface area is 154 Å². The standard InChI is InChI=1S/C11H8O.C6H13N.C3H8N2O2/c12-8-10-6-3-5-9-4-1-2-7-11(9)10;7-6-4-2-1-3-5-6;4-1-2(5)3(6)7/h1-8H;6H,1-5,7H2;2H,1,4-5H2,(H,6,7). The summed E-state index contributed by atoms with van der Waals surface area (Å²) in [6.07, 6.45) is 7.55. The molecule has 0 radical (unpaired) electrons. The van der Waals surface area contributed by atoms with Crippen molar-refractivity contribution in [3.05, 3.63) is 48.0 Å². The third kappa shape index (κ3) is 7.74. The molecule has 26 heavy (non-hydrogen) atoms. The molecule has 0 bridgehead atoms. The van der Waals surface area contributed by atoms with Gasteiger partial charge in [0, 0.05) is 18.2 Å². The van der Waals surface area contributed by atoms with Gasteiger partial charge in [-0.15, -0.1) is 0 Å². The number of benzene rings is 2. The summed E-state index contributed by atoms with van der Waals surface area (Å²) in [5.41, 5.74) is 16.2. The van der Waals surface area contributed by atoms with Gasteiger partial charge in [-0.2, -0.15) is 0 Å². The molecular weight excluding hydrogens is 330 g/mol. The van der Waals surface area contributed by atoms with Crippen LogP contribution >= 0.6 is 0 Å². The van der Waals surface area contributed by atoms with Gasteiger partial charge in [-0.1, -0.05) is 61.7 Å². The molecule has 6 nitrogen and oxygen atoms in total. The summed E-state index contributed by atoms with van der Waals surface area (Å²) in [5.74, 6) is -1.05. The van der Waals surface area contributed by atoms with E-state index >= 15 is 0 Å². The maximum absolute atomic E-state index is 10.6. The van der Waals surface area contributed by atoms with E-state index in [0.717, 1.165) is 22.6 Å². The lowest BCUT2D eigenvalue weighted by atomic mass is 9.97. The van der Waals surface area contributed by atoms with E-state index in [1.807, 2.05) is 42.5 Å². The average Bonchev–Trinajstić information content (AvgIpc) is 2.68. The van der Waals surface area contributed by atoms with Gasteiger partial charge in [-0.05, 0) is 23.6 Å². The van der Waals surface area contributed by atoms with Crippen LogP contribution in [0.4, 0.5) is 0 Å². The molecular formula is C20H29N3O3. The van der Waals surface area contributed by atoms with E-state index in [1.54, 1.807) is 0 Å². The molecule has 1 saturated carbocycles. The van der Waals surface area contributed by atoms with Crippen molar-refractivity contribution < 1.29 is 14.7 Å². The minimum atomic E-state index is -1.05. The van der Waals surface area contributed by atoms with Gasteiger partial charge < -0.3 is 22.3 Å². The van der Waals surface area contributed by atoms with Gasteiger partial charge >= 0.3 is 5.97 Å². The number of carboxylic acid groups (broad SMARTS) is 1. The quantitative estimate of drug-likeness (QED) is 0.622. The lowest BCUT2D eigenvalue weighted by Crippen LogP contribution is -2.37. The molecule has 7 N–H and O–H groups in total. The summed E-state index contributed by atoms with van der Waals surface area (Å²) in [7, 11) is 0. The van der Waals surface area contributed by atoms with Crippen molar-refractivity contribution in [2.45, 2.75) is 44.2 Å². The number of carbonyl (C=O) groups is 2. The summed E-state index contributed by atoms with van der Waals surface area (Å²) in [5, 5.41) is 10.1. The van der Waals surface area contributed by atoms with E-state index in [1.165, 1.54) is 32.1 Å². The summed E-state index contributed by atoms with van der Waals surface area (Å²) in [6, 6.07) is 13.2. The zero-order chi connectivity index (χ0) is 19.4. The lowest BCUT2D eigenvalue weighted by molar-refractivity contribution is -0.138. The number of aliphatic carboxylic acids is 1. The molecule has 1 aliphatic rings. The van der Waals surface area contributed by atoms with Crippen molar-refractivity contribution in [2.24, 2.45) is 17.2 Å². The minimum Gasteiger partial charge on any atom is -0.480 e. The number of aldehydes is 1. The molecule has 2 aromatic rings. The third-order valence-corrected chi connectivity index (χ3v) is 4.17. The average molecular weight is 359 g/mol. The van der Waals surface area contributed by atoms with E-state index in [-0.39, 0.29) is 6.54 Å². The minimum absolute atomic E-state index is 0.00463. The molecule has 1 atom stereocenters. The van der Waals surface area contributed by atoms with E-state index in [9.17, 15) is 9.59 Å². The second-order valence-electron chi connectivity index (χ2n) is 6.26. The van der Waals surface area contributed by atoms with E-state index in [2.05, 4.69) is 0 Å². The van der Waals surface area contributed by atoms with Crippen molar-refractivity contribution in [1.82, 2.24) is 0 Å². The molecule has 1 unspecified atom stereocenters. The molecule has 0 spiro atoms. The van der Waals surface area contributed by atoms with E-state index < -0.39 is 12.0 Å². The number of hydrogen-bond acceptors (Lipinski definition) is 5. The predicted octanol–water partition coefficient (Wildman–Crippen LogP) is 2.29. The molecule has 0 saturated heterocycles. The topological polar surface area (TPSA) is 132 Å². The maximum atomic E-state index is 10.6. The zero-order valence-corrected chi connectivity index (χ0v) is 15.0. The fraction of sp³-hybridized carbons (Fsp3) is 0.400. The van der Waals surface area contributed by atoms with Crippen molar-refractivity contribution in [2.75, 3.05) is 6.54 Å². The number of hydrogen-bond donors (Lipinski definition) is 4. The van der Waals surface area contributed by atoms with Crippen LogP contribution < -0.4 is 17.2 Å². The molecule has 142 valence electrons. The zero-order valence-electron chi connectivity index (χ0n) is 15.0. The molecule has 0 aromatic heterocycles. The van der Waals surface area contributed by atoms with Crippen LogP contribution in [0.25, 0.3) is 10.8 Å². The Hall–Kier alpha value is -2.28. The van der Waals surface area contributed by atoms with Crippen molar-refractivity contribution in [1.29, 1.82) is 0 Å². The Kier molecular flexibility index (Phi) is 10.2. The molecule has 6 heteroatoms. The van der Waals surface area contributed by atoms with Crippen LogP contribution in [0.1, 0.15) is 42.5 Å². The van der Waals surface area contributed by atoms with Crippen LogP contribution in [-0.2, 0) is 4.79 Å². The largest absolute Gasteiger partial charge is 0.480 e. The Morgan fingerprint density at radius 3 is 2.19 bits per heavy atom. The van der Waals surface area contributed by atoms with E-state index in [0.29, 0.717) is 6.04 Å². The van der Waals surface area contributed by atoms with Crippen LogP contribution in [0.3, 0.4) is 0 Å². The highest BCUT2D eigenvalue weighted by atomic mass is 16.4. The van der Waals surface area contributed by atoms with Crippen molar-refractivity contribution in [3.8, 4) is 0 Å². The van der Waals surface area contributed by atoms with Gasteiger partial charge in [0.2, 0.25) is 0 Å². The predicted molar refractivity (Wildman–Crippen MR) is 105 cm³/mol. The SMILES string of the molecule is NC1CCCCC1.NCC(N)C(=O)O.O=Cc1cccc2ccccc12. The monoisotopic (exact) mass is 359 g/mol. The summed E-state index contributed by atoms with van der Waals surface area (Å²) in [4.78, 5) is 20.3. The number of nitrogens with two attached hydrogens (primary N) is 3. The Morgan fingerprint density at radius 1 is 1.12 bits per heavy atom. The molecule has 0 aliphatic heterocycles. The van der Waals surface area contributed by atoms with Crippen LogP contribution in [0.2, 0.25) is 0 Å². The maximum Gasteiger partial charge on any atom is 0.321 e. The first kappa shape index (κ1) is 21.8. The normalized spacial score (nSPS) is 15.0. The number of carbonyl (C=O) groups excluding carboxylic acids is 1. The van der Waals surface area contributed by atoms with E-state index in [4.69, 9.17) is 22.3 Å². The second-order valence-corrected chi connectivity index (χ2v) is 6.26. The molecule has 1 aliphatic carbocycles. The van der Waals surface area contributed by atoms with Gasteiger partial charge in [-0.25, -0.2) is 0 Å². The summed E-state index contributed by atoms with van der Waals surface area (Å²) in [6.45, 7) is -0.00463. The van der Waals surface area contributed by atoms with Crippen molar-refractivity contribution in [3.63, 3.8) is 0 Å². The summed E-state index contributed by atoms with van der Waals surface area (Å²) >= 11 is 0. The highest BCUT2D eigenvalue weighted by molar-refractivity contribution is 5.97. The fourth-order valence-corrected chi connectivity index (χ4v) is 2.59. The molecule has 0 heterocycles. The number of fused-ring (bicyclic) bond motifs is 1. The van der Waals surface area contributed by atoms with Gasteiger partial charge in [0.25, 0.3) is 0 Å². The highest BCUT2D eigenvalue weighted by Gasteiger charge is 2.06. The van der Waals surface area contributed by atoms with Crippen LogP contribution in [0.15, 0.2) is 42.5 Å². The van der Waals surface area contributed by atoms with Crippen LogP contribution in [-0.4, -0.2) is 36.0 Å². The Bertz CT molecular complexity index is 680. The first-order valence-electron chi connectivity index (χ1n) is 8.86. The van der Waals surface area contributed by atoms with Crippen molar-refractivity contribution >= 4 is 23.0 Å². The van der Waals surface area contributed by atoms with Gasteiger partial charge in [0.1, 0.15) is 6.04 Å². The Balaban J connectivity index is 0.000000210. The Morgan fingerprint density at radius 2 is 1.73 bits per heavy atom. The fourth-order valence-electron chi connectivity index (χ4n) is 2.59. The molecule has 1 fully saturated rings. The van der Waals surface area contributed by atoms with Gasteiger partial charge in [0.05, 0.1) is 0 Å². The molecule has 3 rings (SSSR count). The first-order chi connectivity index (χ1) is 12.5. The highest BCUT2D eigenvalue weighted by Crippen LogP contribution is 2.16. The van der Waals surface area contributed by atoms with Gasteiger partial charge in [0.15, 0.2) is 6.29 Å². The second kappa shape index (κ2) is 12.1. The summed E-state index contributed by atoms with van der Waals surface area (Å²) < 4.78 is 0. The smallest absolute Gasteiger partial charge is 0.321 e. The van der Waals surface area contributed by atoms with Crippen LogP contribution in [0.5, 0.6) is 0 Å².